The Morgan fingerprint density at radius 2 is 2.16 bits per heavy atom. The van der Waals surface area contributed by atoms with Crippen molar-refractivity contribution in [3.8, 4) is 5.75 Å². The number of amides is 1. The third-order valence-electron chi connectivity index (χ3n) is 3.83. The van der Waals surface area contributed by atoms with E-state index in [1.807, 2.05) is 12.1 Å². The molecule has 1 aliphatic rings. The van der Waals surface area contributed by atoms with E-state index < -0.39 is 0 Å². The van der Waals surface area contributed by atoms with E-state index in [0.29, 0.717) is 18.3 Å². The number of nitrogen functional groups attached to an aromatic ring is 1. The molecular weight excluding hydrogens is 242 g/mol. The Hall–Kier alpha value is -1.91. The van der Waals surface area contributed by atoms with Crippen LogP contribution in [-0.2, 0) is 4.79 Å². The molecule has 2 atom stereocenters. The predicted octanol–water partition coefficient (Wildman–Crippen LogP) is 1.37. The number of nitrogens with zero attached hydrogens (tertiary/aromatic N) is 1. The second-order valence-corrected chi connectivity index (χ2v) is 5.10. The second-order valence-electron chi connectivity index (χ2n) is 5.10. The molecule has 2 unspecified atom stereocenters. The molecule has 104 valence electrons. The Morgan fingerprint density at radius 1 is 1.42 bits per heavy atom. The van der Waals surface area contributed by atoms with E-state index in [1.165, 1.54) is 0 Å². The predicted molar refractivity (Wildman–Crippen MR) is 76.1 cm³/mol. The summed E-state index contributed by atoms with van der Waals surface area (Å²) in [7, 11) is 1.61. The van der Waals surface area contributed by atoms with Crippen LogP contribution in [0.3, 0.4) is 0 Å². The van der Waals surface area contributed by atoms with Crippen LogP contribution in [-0.4, -0.2) is 25.6 Å². The first-order chi connectivity index (χ1) is 9.02. The van der Waals surface area contributed by atoms with Crippen LogP contribution in [0.4, 0.5) is 11.4 Å². The van der Waals surface area contributed by atoms with Crippen LogP contribution in [0.5, 0.6) is 5.75 Å². The first-order valence-corrected chi connectivity index (χ1v) is 6.52. The van der Waals surface area contributed by atoms with Crippen molar-refractivity contribution >= 4 is 17.3 Å². The van der Waals surface area contributed by atoms with E-state index in [4.69, 9.17) is 16.2 Å². The van der Waals surface area contributed by atoms with Crippen molar-refractivity contribution in [3.05, 3.63) is 18.2 Å². The minimum absolute atomic E-state index is 0.0994. The summed E-state index contributed by atoms with van der Waals surface area (Å²) in [4.78, 5) is 13.5. The number of primary amides is 1. The van der Waals surface area contributed by atoms with Crippen LogP contribution in [0.2, 0.25) is 0 Å². The molecule has 4 N–H and O–H groups in total. The minimum Gasteiger partial charge on any atom is -0.497 e. The molecule has 1 aliphatic heterocycles. The van der Waals surface area contributed by atoms with Gasteiger partial charge in [-0.15, -0.1) is 0 Å². The van der Waals surface area contributed by atoms with Gasteiger partial charge in [-0.05, 0) is 31.9 Å². The molecule has 1 aromatic carbocycles. The topological polar surface area (TPSA) is 81.6 Å². The van der Waals surface area contributed by atoms with Crippen molar-refractivity contribution < 1.29 is 9.53 Å². The highest BCUT2D eigenvalue weighted by atomic mass is 16.5. The molecule has 0 saturated carbocycles. The number of piperidine rings is 1. The standard InChI is InChI=1S/C14H21N3O2/c1-9-3-4-10(14(16)18)8-17(9)13-6-5-11(19-2)7-12(13)15/h5-7,9-10H,3-4,8,15H2,1-2H3,(H2,16,18). The molecule has 0 aromatic heterocycles. The Balaban J connectivity index is 2.25. The van der Waals surface area contributed by atoms with Gasteiger partial charge in [0.2, 0.25) is 5.91 Å². The Morgan fingerprint density at radius 3 is 2.74 bits per heavy atom. The zero-order valence-electron chi connectivity index (χ0n) is 11.4. The second kappa shape index (κ2) is 5.38. The number of carbonyl (C=O) groups is 1. The monoisotopic (exact) mass is 263 g/mol. The van der Waals surface area contributed by atoms with E-state index in [0.717, 1.165) is 24.3 Å². The normalized spacial score (nSPS) is 23.2. The third kappa shape index (κ3) is 2.75. The zero-order valence-corrected chi connectivity index (χ0v) is 11.4. The summed E-state index contributed by atoms with van der Waals surface area (Å²) >= 11 is 0. The quantitative estimate of drug-likeness (QED) is 0.807. The molecule has 5 nitrogen and oxygen atoms in total. The van der Waals surface area contributed by atoms with Gasteiger partial charge in [-0.2, -0.15) is 0 Å². The summed E-state index contributed by atoms with van der Waals surface area (Å²) in [5.74, 6) is 0.402. The van der Waals surface area contributed by atoms with Crippen molar-refractivity contribution in [3.63, 3.8) is 0 Å². The summed E-state index contributed by atoms with van der Waals surface area (Å²) in [6.45, 7) is 2.77. The SMILES string of the molecule is COc1ccc(N2CC(C(N)=O)CCC2C)c(N)c1. The van der Waals surface area contributed by atoms with Crippen LogP contribution in [0.25, 0.3) is 0 Å². The van der Waals surface area contributed by atoms with Gasteiger partial charge in [-0.1, -0.05) is 0 Å². The lowest BCUT2D eigenvalue weighted by Gasteiger charge is -2.39. The largest absolute Gasteiger partial charge is 0.497 e. The van der Waals surface area contributed by atoms with Gasteiger partial charge in [0.05, 0.1) is 24.4 Å². The van der Waals surface area contributed by atoms with Crippen LogP contribution in [0.1, 0.15) is 19.8 Å². The first kappa shape index (κ1) is 13.5. The van der Waals surface area contributed by atoms with Crippen molar-refractivity contribution in [2.24, 2.45) is 11.7 Å². The van der Waals surface area contributed by atoms with E-state index in [2.05, 4.69) is 11.8 Å². The number of rotatable bonds is 3. The lowest BCUT2D eigenvalue weighted by molar-refractivity contribution is -0.122. The Bertz CT molecular complexity index is 476. The Kier molecular flexibility index (Phi) is 3.83. The highest BCUT2D eigenvalue weighted by Crippen LogP contribution is 2.33. The minimum atomic E-state index is -0.232. The Labute approximate surface area is 113 Å². The van der Waals surface area contributed by atoms with E-state index in [1.54, 1.807) is 13.2 Å². The average molecular weight is 263 g/mol. The molecule has 5 heteroatoms. The van der Waals surface area contributed by atoms with Crippen molar-refractivity contribution in [1.82, 2.24) is 0 Å². The van der Waals surface area contributed by atoms with Crippen LogP contribution in [0.15, 0.2) is 18.2 Å². The summed E-state index contributed by atoms with van der Waals surface area (Å²) in [6, 6.07) is 5.97. The van der Waals surface area contributed by atoms with Crippen LogP contribution in [0, 0.1) is 5.92 Å². The number of hydrogen-bond donors (Lipinski definition) is 2. The molecular formula is C14H21N3O2. The van der Waals surface area contributed by atoms with Gasteiger partial charge >= 0.3 is 0 Å². The summed E-state index contributed by atoms with van der Waals surface area (Å²) in [6.07, 6.45) is 1.79. The first-order valence-electron chi connectivity index (χ1n) is 6.52. The number of methoxy groups -OCH3 is 1. The highest BCUT2D eigenvalue weighted by Gasteiger charge is 2.29. The molecule has 19 heavy (non-hydrogen) atoms. The third-order valence-corrected chi connectivity index (χ3v) is 3.83. The molecule has 1 fully saturated rings. The molecule has 1 heterocycles. The highest BCUT2D eigenvalue weighted by molar-refractivity contribution is 5.78. The summed E-state index contributed by atoms with van der Waals surface area (Å²) in [5.41, 5.74) is 13.1. The molecule has 0 spiro atoms. The molecule has 1 aromatic rings. The van der Waals surface area contributed by atoms with Crippen molar-refractivity contribution in [2.45, 2.75) is 25.8 Å². The van der Waals surface area contributed by atoms with Crippen molar-refractivity contribution in [2.75, 3.05) is 24.3 Å². The van der Waals surface area contributed by atoms with Gasteiger partial charge in [0.15, 0.2) is 0 Å². The van der Waals surface area contributed by atoms with Gasteiger partial charge in [-0.3, -0.25) is 4.79 Å². The molecule has 1 saturated heterocycles. The fraction of sp³-hybridized carbons (Fsp3) is 0.500. The van der Waals surface area contributed by atoms with E-state index in [-0.39, 0.29) is 11.8 Å². The number of nitrogens with two attached hydrogens (primary N) is 2. The lowest BCUT2D eigenvalue weighted by atomic mass is 9.92. The van der Waals surface area contributed by atoms with Gasteiger partial charge in [0.25, 0.3) is 0 Å². The lowest BCUT2D eigenvalue weighted by Crippen LogP contribution is -2.46. The van der Waals surface area contributed by atoms with Crippen LogP contribution < -0.4 is 21.1 Å². The number of anilines is 2. The number of carbonyl (C=O) groups excluding carboxylic acids is 1. The number of benzene rings is 1. The van der Waals surface area contributed by atoms with Gasteiger partial charge in [0.1, 0.15) is 5.75 Å². The van der Waals surface area contributed by atoms with Gasteiger partial charge in [-0.25, -0.2) is 0 Å². The maximum Gasteiger partial charge on any atom is 0.222 e. The van der Waals surface area contributed by atoms with Gasteiger partial charge < -0.3 is 21.1 Å². The maximum atomic E-state index is 11.4. The molecule has 0 bridgehead atoms. The number of hydrogen-bond acceptors (Lipinski definition) is 4. The average Bonchev–Trinajstić information content (AvgIpc) is 2.39. The van der Waals surface area contributed by atoms with Crippen LogP contribution >= 0.6 is 0 Å². The van der Waals surface area contributed by atoms with E-state index >= 15 is 0 Å². The summed E-state index contributed by atoms with van der Waals surface area (Å²) in [5, 5.41) is 0. The molecule has 2 rings (SSSR count). The van der Waals surface area contributed by atoms with E-state index in [9.17, 15) is 4.79 Å². The number of ether oxygens (including phenoxy) is 1. The molecule has 0 radical (unpaired) electrons. The smallest absolute Gasteiger partial charge is 0.222 e. The summed E-state index contributed by atoms with van der Waals surface area (Å²) < 4.78 is 5.15. The zero-order chi connectivity index (χ0) is 14.0. The van der Waals surface area contributed by atoms with Crippen molar-refractivity contribution in [1.29, 1.82) is 0 Å². The molecule has 0 aliphatic carbocycles. The maximum absolute atomic E-state index is 11.4. The fourth-order valence-electron chi connectivity index (χ4n) is 2.60. The van der Waals surface area contributed by atoms with Gasteiger partial charge in [0, 0.05) is 18.7 Å². The molecule has 1 amide bonds. The fourth-order valence-corrected chi connectivity index (χ4v) is 2.60.